The molecule has 2 unspecified atom stereocenters. The summed E-state index contributed by atoms with van der Waals surface area (Å²) < 4.78 is 0. The first kappa shape index (κ1) is 27.3. The Kier molecular flexibility index (Phi) is 9.21. The van der Waals surface area contributed by atoms with Gasteiger partial charge in [-0.2, -0.15) is 0 Å². The van der Waals surface area contributed by atoms with E-state index in [1.165, 1.54) is 84.8 Å². The molecule has 0 heterocycles. The van der Waals surface area contributed by atoms with Crippen LogP contribution in [0.2, 0.25) is 0 Å². The molecule has 2 aliphatic rings. The number of hydrogen-bond donors (Lipinski definition) is 0. The molecule has 5 rings (SSSR count). The van der Waals surface area contributed by atoms with Crippen molar-refractivity contribution in [3.05, 3.63) is 125 Å². The van der Waals surface area contributed by atoms with E-state index >= 15 is 0 Å². The van der Waals surface area contributed by atoms with E-state index in [1.54, 1.807) is 0 Å². The second-order valence-electron chi connectivity index (χ2n) is 12.2. The van der Waals surface area contributed by atoms with Crippen LogP contribution < -0.4 is 0 Å². The van der Waals surface area contributed by atoms with Gasteiger partial charge in [-0.15, -0.1) is 6.42 Å². The molecule has 0 heteroatoms. The van der Waals surface area contributed by atoms with Crippen LogP contribution in [0.15, 0.2) is 97.1 Å². The third kappa shape index (κ3) is 7.22. The maximum Gasteiger partial charge on any atom is 0.0242 e. The van der Waals surface area contributed by atoms with E-state index < -0.39 is 0 Å². The summed E-state index contributed by atoms with van der Waals surface area (Å²) in [6.07, 6.45) is 20.2. The molecule has 0 N–H and O–H groups in total. The molecule has 0 amide bonds. The van der Waals surface area contributed by atoms with Gasteiger partial charge in [0.25, 0.3) is 0 Å². The van der Waals surface area contributed by atoms with Gasteiger partial charge in [0.2, 0.25) is 0 Å². The van der Waals surface area contributed by atoms with E-state index in [2.05, 4.69) is 97.8 Å². The Hall–Kier alpha value is -3.30. The minimum Gasteiger partial charge on any atom is -0.115 e. The van der Waals surface area contributed by atoms with Crippen LogP contribution >= 0.6 is 0 Å². The van der Waals surface area contributed by atoms with Crippen LogP contribution in [0.25, 0.3) is 5.57 Å². The van der Waals surface area contributed by atoms with Crippen LogP contribution in [-0.4, -0.2) is 0 Å². The van der Waals surface area contributed by atoms with Crippen molar-refractivity contribution in [3.8, 4) is 12.3 Å². The number of terminal acetylenes is 1. The summed E-state index contributed by atoms with van der Waals surface area (Å²) in [6.45, 7) is 7.08. The molecule has 0 saturated heterocycles. The number of aryl methyl sites for hydroxylation is 1. The summed E-state index contributed by atoms with van der Waals surface area (Å²) in [7, 11) is 0. The Labute approximate surface area is 237 Å². The first-order valence-corrected chi connectivity index (χ1v) is 15.2. The number of benzene rings is 3. The fourth-order valence-electron chi connectivity index (χ4n) is 6.87. The van der Waals surface area contributed by atoms with E-state index in [1.807, 2.05) is 0 Å². The van der Waals surface area contributed by atoms with Gasteiger partial charge in [-0.1, -0.05) is 97.8 Å². The molecular formula is C39H44. The topological polar surface area (TPSA) is 0 Å². The Balaban J connectivity index is 1.28. The molecule has 200 valence electrons. The fraction of sp³-hybridized carbons (Fsp3) is 0.385. The van der Waals surface area contributed by atoms with Crippen LogP contribution in [0.5, 0.6) is 0 Å². The van der Waals surface area contributed by atoms with Crippen molar-refractivity contribution in [2.24, 2.45) is 17.8 Å². The first-order valence-electron chi connectivity index (χ1n) is 15.2. The summed E-state index contributed by atoms with van der Waals surface area (Å²) in [4.78, 5) is 0. The van der Waals surface area contributed by atoms with Crippen LogP contribution in [0.3, 0.4) is 0 Å². The predicted molar refractivity (Wildman–Crippen MR) is 168 cm³/mol. The highest BCUT2D eigenvalue weighted by atomic mass is 14.3. The molecule has 0 radical (unpaired) electrons. The maximum absolute atomic E-state index is 5.55. The Morgan fingerprint density at radius 3 is 2.23 bits per heavy atom. The van der Waals surface area contributed by atoms with Crippen molar-refractivity contribution in [2.75, 3.05) is 0 Å². The van der Waals surface area contributed by atoms with Crippen molar-refractivity contribution in [1.29, 1.82) is 0 Å². The summed E-state index contributed by atoms with van der Waals surface area (Å²) in [5.74, 6) is 5.44. The molecule has 0 aliphatic heterocycles. The molecule has 2 aliphatic carbocycles. The van der Waals surface area contributed by atoms with Crippen molar-refractivity contribution in [3.63, 3.8) is 0 Å². The van der Waals surface area contributed by atoms with Gasteiger partial charge >= 0.3 is 0 Å². The van der Waals surface area contributed by atoms with Gasteiger partial charge in [-0.25, -0.2) is 0 Å². The molecule has 2 atom stereocenters. The van der Waals surface area contributed by atoms with Crippen molar-refractivity contribution in [2.45, 2.75) is 77.0 Å². The predicted octanol–water partition coefficient (Wildman–Crippen LogP) is 10.2. The van der Waals surface area contributed by atoms with Gasteiger partial charge in [0, 0.05) is 11.5 Å². The van der Waals surface area contributed by atoms with Crippen LogP contribution in [-0.2, 0) is 12.8 Å². The SMILES string of the molecule is C#Cc1ccc(CC2CCC(C(C(=C)CCc3ccccc3)c3ccc(C4=CCC(C)CC4)cc3)CC2)cc1. The highest BCUT2D eigenvalue weighted by molar-refractivity contribution is 5.66. The zero-order valence-corrected chi connectivity index (χ0v) is 23.7. The van der Waals surface area contributed by atoms with E-state index in [0.717, 1.165) is 30.2 Å². The van der Waals surface area contributed by atoms with Crippen molar-refractivity contribution in [1.82, 2.24) is 0 Å². The van der Waals surface area contributed by atoms with Gasteiger partial charge in [0.15, 0.2) is 0 Å². The van der Waals surface area contributed by atoms with Gasteiger partial charge in [0.1, 0.15) is 0 Å². The molecule has 0 spiro atoms. The minimum atomic E-state index is 0.444. The molecule has 0 aromatic heterocycles. The third-order valence-corrected chi connectivity index (χ3v) is 9.34. The highest BCUT2D eigenvalue weighted by Crippen LogP contribution is 2.44. The minimum absolute atomic E-state index is 0.444. The quantitative estimate of drug-likeness (QED) is 0.198. The van der Waals surface area contributed by atoms with E-state index in [4.69, 9.17) is 13.0 Å². The molecular weight excluding hydrogens is 468 g/mol. The second kappa shape index (κ2) is 13.2. The lowest BCUT2D eigenvalue weighted by molar-refractivity contribution is 0.252. The average Bonchev–Trinajstić information content (AvgIpc) is 2.99. The van der Waals surface area contributed by atoms with Gasteiger partial charge in [0.05, 0.1) is 0 Å². The zero-order chi connectivity index (χ0) is 27.0. The maximum atomic E-state index is 5.55. The largest absolute Gasteiger partial charge is 0.115 e. The van der Waals surface area contributed by atoms with Gasteiger partial charge < -0.3 is 0 Å². The lowest BCUT2D eigenvalue weighted by Crippen LogP contribution is -2.23. The monoisotopic (exact) mass is 512 g/mol. The molecule has 1 fully saturated rings. The highest BCUT2D eigenvalue weighted by Gasteiger charge is 2.30. The van der Waals surface area contributed by atoms with Crippen LogP contribution in [0, 0.1) is 30.1 Å². The Bertz CT molecular complexity index is 1270. The second-order valence-corrected chi connectivity index (χ2v) is 12.2. The van der Waals surface area contributed by atoms with Crippen LogP contribution in [0.1, 0.15) is 92.0 Å². The molecule has 0 bridgehead atoms. The molecule has 39 heavy (non-hydrogen) atoms. The summed E-state index contributed by atoms with van der Waals surface area (Å²) in [5.41, 5.74) is 9.63. The smallest absolute Gasteiger partial charge is 0.0242 e. The van der Waals surface area contributed by atoms with E-state index in [-0.39, 0.29) is 0 Å². The first-order chi connectivity index (χ1) is 19.1. The van der Waals surface area contributed by atoms with Crippen molar-refractivity contribution < 1.29 is 0 Å². The summed E-state index contributed by atoms with van der Waals surface area (Å²) in [6, 6.07) is 29.1. The third-order valence-electron chi connectivity index (χ3n) is 9.34. The summed E-state index contributed by atoms with van der Waals surface area (Å²) in [5, 5.41) is 0. The normalized spacial score (nSPS) is 21.9. The Morgan fingerprint density at radius 2 is 1.59 bits per heavy atom. The van der Waals surface area contributed by atoms with Gasteiger partial charge in [-0.05, 0) is 122 Å². The molecule has 1 saturated carbocycles. The lowest BCUT2D eigenvalue weighted by Gasteiger charge is -2.36. The average molecular weight is 513 g/mol. The van der Waals surface area contributed by atoms with E-state index in [0.29, 0.717) is 11.8 Å². The molecule has 0 nitrogen and oxygen atoms in total. The molecule has 3 aromatic carbocycles. The summed E-state index contributed by atoms with van der Waals surface area (Å²) >= 11 is 0. The van der Waals surface area contributed by atoms with Crippen molar-refractivity contribution >= 4 is 5.57 Å². The van der Waals surface area contributed by atoms with Crippen LogP contribution in [0.4, 0.5) is 0 Å². The molecule has 3 aromatic rings. The fourth-order valence-corrected chi connectivity index (χ4v) is 6.87. The number of allylic oxidation sites excluding steroid dienone is 3. The lowest BCUT2D eigenvalue weighted by atomic mass is 9.69. The van der Waals surface area contributed by atoms with E-state index in [9.17, 15) is 0 Å². The number of hydrogen-bond acceptors (Lipinski definition) is 0. The van der Waals surface area contributed by atoms with Gasteiger partial charge in [-0.3, -0.25) is 0 Å². The standard InChI is InChI=1S/C39H44/c1-4-31-14-16-33(17-15-31)28-34-18-22-37(23-19-34)39(30(3)12-13-32-8-6-5-7-9-32)38-26-24-36(25-27-38)35-20-10-29(2)11-21-35/h1,5-9,14-17,20,24-27,29,34,37,39H,3,10-13,18-19,21-23,28H2,2H3. The zero-order valence-electron chi connectivity index (χ0n) is 23.7. The number of rotatable bonds is 9. The Morgan fingerprint density at radius 1 is 0.872 bits per heavy atom.